The number of ether oxygens (including phenoxy) is 1. The molecule has 4 nitrogen and oxygen atoms in total. The zero-order valence-corrected chi connectivity index (χ0v) is 9.65. The van der Waals surface area contributed by atoms with E-state index < -0.39 is 12.1 Å². The van der Waals surface area contributed by atoms with Crippen molar-refractivity contribution in [2.45, 2.75) is 33.5 Å². The van der Waals surface area contributed by atoms with Crippen molar-refractivity contribution in [2.75, 3.05) is 0 Å². The van der Waals surface area contributed by atoms with Gasteiger partial charge in [0.05, 0.1) is 6.61 Å². The summed E-state index contributed by atoms with van der Waals surface area (Å²) >= 11 is 0. The predicted octanol–water partition coefficient (Wildman–Crippen LogP) is 1.65. The van der Waals surface area contributed by atoms with Crippen LogP contribution in [0.3, 0.4) is 0 Å². The molecule has 0 saturated carbocycles. The molecule has 0 aliphatic heterocycles. The van der Waals surface area contributed by atoms with Gasteiger partial charge >= 0.3 is 5.97 Å². The van der Waals surface area contributed by atoms with E-state index in [9.17, 15) is 4.79 Å². The summed E-state index contributed by atoms with van der Waals surface area (Å²) in [5.74, 6) is -0.419. The highest BCUT2D eigenvalue weighted by molar-refractivity contribution is 5.72. The summed E-state index contributed by atoms with van der Waals surface area (Å²) in [5, 5.41) is 17.8. The van der Waals surface area contributed by atoms with Crippen LogP contribution in [-0.2, 0) is 11.4 Å². The number of carboxylic acids is 1. The lowest BCUT2D eigenvalue weighted by Crippen LogP contribution is -2.23. The van der Waals surface area contributed by atoms with E-state index in [2.05, 4.69) is 0 Å². The topological polar surface area (TPSA) is 66.8 Å². The van der Waals surface area contributed by atoms with Gasteiger partial charge in [-0.3, -0.25) is 0 Å². The summed E-state index contributed by atoms with van der Waals surface area (Å²) in [6.45, 7) is 5.11. The quantitative estimate of drug-likeness (QED) is 0.816. The van der Waals surface area contributed by atoms with Crippen LogP contribution in [0.25, 0.3) is 0 Å². The van der Waals surface area contributed by atoms with Crippen molar-refractivity contribution < 1.29 is 19.7 Å². The average molecular weight is 224 g/mol. The van der Waals surface area contributed by atoms with Gasteiger partial charge in [0.25, 0.3) is 0 Å². The molecule has 0 aliphatic carbocycles. The Hall–Kier alpha value is -1.55. The van der Waals surface area contributed by atoms with Crippen molar-refractivity contribution in [1.82, 2.24) is 0 Å². The number of aryl methyl sites for hydroxylation is 2. The molecule has 1 aromatic rings. The maximum absolute atomic E-state index is 10.7. The van der Waals surface area contributed by atoms with Crippen LogP contribution in [0.5, 0.6) is 5.75 Å². The van der Waals surface area contributed by atoms with E-state index in [4.69, 9.17) is 14.9 Å². The molecule has 0 radical (unpaired) electrons. The third kappa shape index (κ3) is 2.73. The first kappa shape index (κ1) is 12.5. The number of aliphatic hydroxyl groups excluding tert-OH is 1. The van der Waals surface area contributed by atoms with Gasteiger partial charge in [0.1, 0.15) is 5.75 Å². The molecule has 88 valence electrons. The number of benzene rings is 1. The van der Waals surface area contributed by atoms with Crippen LogP contribution in [0.1, 0.15) is 23.6 Å². The normalized spacial score (nSPS) is 12.2. The SMILES string of the molecule is Cc1cc(CO)cc(C)c1OC(C)C(=O)O. The Morgan fingerprint density at radius 3 is 2.25 bits per heavy atom. The first-order valence-electron chi connectivity index (χ1n) is 5.06. The Kier molecular flexibility index (Phi) is 3.90. The van der Waals surface area contributed by atoms with Crippen LogP contribution in [0, 0.1) is 13.8 Å². The van der Waals surface area contributed by atoms with E-state index in [1.54, 1.807) is 12.1 Å². The van der Waals surface area contributed by atoms with Gasteiger partial charge in [-0.05, 0) is 37.5 Å². The highest BCUT2D eigenvalue weighted by Crippen LogP contribution is 2.25. The molecule has 1 aromatic carbocycles. The van der Waals surface area contributed by atoms with Crippen LogP contribution in [-0.4, -0.2) is 22.3 Å². The lowest BCUT2D eigenvalue weighted by atomic mass is 10.1. The second-order valence-corrected chi connectivity index (χ2v) is 3.82. The van der Waals surface area contributed by atoms with E-state index in [0.717, 1.165) is 16.7 Å². The van der Waals surface area contributed by atoms with Crippen molar-refractivity contribution >= 4 is 5.97 Å². The van der Waals surface area contributed by atoms with E-state index in [1.807, 2.05) is 13.8 Å². The summed E-state index contributed by atoms with van der Waals surface area (Å²) in [6, 6.07) is 3.58. The molecule has 2 N–H and O–H groups in total. The summed E-state index contributed by atoms with van der Waals surface area (Å²) in [5.41, 5.74) is 2.46. The largest absolute Gasteiger partial charge is 0.479 e. The molecular weight excluding hydrogens is 208 g/mol. The summed E-state index contributed by atoms with van der Waals surface area (Å²) < 4.78 is 5.36. The molecule has 0 aromatic heterocycles. The molecule has 4 heteroatoms. The van der Waals surface area contributed by atoms with Crippen molar-refractivity contribution in [2.24, 2.45) is 0 Å². The number of aliphatic carboxylic acids is 1. The summed E-state index contributed by atoms with van der Waals surface area (Å²) in [4.78, 5) is 10.7. The minimum absolute atomic E-state index is 0.0313. The second-order valence-electron chi connectivity index (χ2n) is 3.82. The Balaban J connectivity index is 3.01. The van der Waals surface area contributed by atoms with Crippen molar-refractivity contribution in [1.29, 1.82) is 0 Å². The van der Waals surface area contributed by atoms with Gasteiger partial charge in [0, 0.05) is 0 Å². The van der Waals surface area contributed by atoms with Crippen LogP contribution in [0.4, 0.5) is 0 Å². The first-order chi connectivity index (χ1) is 7.45. The van der Waals surface area contributed by atoms with E-state index >= 15 is 0 Å². The van der Waals surface area contributed by atoms with E-state index in [1.165, 1.54) is 6.92 Å². The Morgan fingerprint density at radius 1 is 1.38 bits per heavy atom. The number of rotatable bonds is 4. The number of hydrogen-bond donors (Lipinski definition) is 2. The average Bonchev–Trinajstić information content (AvgIpc) is 2.22. The standard InChI is InChI=1S/C12H16O4/c1-7-4-10(6-13)5-8(2)11(7)16-9(3)12(14)15/h4-5,9,13H,6H2,1-3H3,(H,14,15). The molecule has 0 spiro atoms. The van der Waals surface area contributed by atoms with Gasteiger partial charge in [-0.25, -0.2) is 4.79 Å². The van der Waals surface area contributed by atoms with Gasteiger partial charge in [-0.2, -0.15) is 0 Å². The predicted molar refractivity (Wildman–Crippen MR) is 59.6 cm³/mol. The fraction of sp³-hybridized carbons (Fsp3) is 0.417. The Morgan fingerprint density at radius 2 is 1.88 bits per heavy atom. The van der Waals surface area contributed by atoms with Gasteiger partial charge in [0.15, 0.2) is 6.10 Å². The molecule has 1 unspecified atom stereocenters. The van der Waals surface area contributed by atoms with Crippen LogP contribution < -0.4 is 4.74 Å². The van der Waals surface area contributed by atoms with E-state index in [-0.39, 0.29) is 6.61 Å². The lowest BCUT2D eigenvalue weighted by Gasteiger charge is -2.16. The fourth-order valence-electron chi connectivity index (χ4n) is 1.54. The molecule has 0 saturated heterocycles. The maximum Gasteiger partial charge on any atom is 0.344 e. The van der Waals surface area contributed by atoms with E-state index in [0.29, 0.717) is 5.75 Å². The third-order valence-electron chi connectivity index (χ3n) is 2.35. The fourth-order valence-corrected chi connectivity index (χ4v) is 1.54. The highest BCUT2D eigenvalue weighted by Gasteiger charge is 2.15. The molecule has 0 bridgehead atoms. The number of aliphatic hydroxyl groups is 1. The van der Waals surface area contributed by atoms with Gasteiger partial charge < -0.3 is 14.9 Å². The molecule has 1 rings (SSSR count). The molecule has 0 aliphatic rings. The molecule has 0 amide bonds. The number of carboxylic acid groups (broad SMARTS) is 1. The second kappa shape index (κ2) is 4.99. The summed E-state index contributed by atoms with van der Waals surface area (Å²) in [6.07, 6.45) is -0.877. The van der Waals surface area contributed by atoms with Crippen molar-refractivity contribution in [3.05, 3.63) is 28.8 Å². The number of hydrogen-bond acceptors (Lipinski definition) is 3. The van der Waals surface area contributed by atoms with Crippen molar-refractivity contribution in [3.63, 3.8) is 0 Å². The molecule has 0 heterocycles. The smallest absolute Gasteiger partial charge is 0.344 e. The zero-order valence-electron chi connectivity index (χ0n) is 9.65. The molecule has 0 fully saturated rings. The molecule has 1 atom stereocenters. The maximum atomic E-state index is 10.7. The van der Waals surface area contributed by atoms with Crippen LogP contribution >= 0.6 is 0 Å². The van der Waals surface area contributed by atoms with Gasteiger partial charge in [-0.1, -0.05) is 12.1 Å². The van der Waals surface area contributed by atoms with Crippen LogP contribution in [0.2, 0.25) is 0 Å². The monoisotopic (exact) mass is 224 g/mol. The minimum Gasteiger partial charge on any atom is -0.479 e. The highest BCUT2D eigenvalue weighted by atomic mass is 16.5. The van der Waals surface area contributed by atoms with Gasteiger partial charge in [0.2, 0.25) is 0 Å². The lowest BCUT2D eigenvalue weighted by molar-refractivity contribution is -0.144. The molecular formula is C12H16O4. The van der Waals surface area contributed by atoms with Crippen molar-refractivity contribution in [3.8, 4) is 5.75 Å². The minimum atomic E-state index is -0.995. The Labute approximate surface area is 94.5 Å². The zero-order chi connectivity index (χ0) is 12.3. The summed E-state index contributed by atoms with van der Waals surface area (Å²) in [7, 11) is 0. The Bertz CT molecular complexity index is 375. The van der Waals surface area contributed by atoms with Crippen LogP contribution in [0.15, 0.2) is 12.1 Å². The van der Waals surface area contributed by atoms with Gasteiger partial charge in [-0.15, -0.1) is 0 Å². The number of carbonyl (C=O) groups is 1. The first-order valence-corrected chi connectivity index (χ1v) is 5.06. The molecule has 16 heavy (non-hydrogen) atoms. The third-order valence-corrected chi connectivity index (χ3v) is 2.35.